The number of nitrogens with one attached hydrogen (secondary N) is 1. The average Bonchev–Trinajstić information content (AvgIpc) is 3.02. The molecule has 2 amide bonds. The molecular formula is C21H36N4O5. The highest BCUT2D eigenvalue weighted by atomic mass is 16.5. The van der Waals surface area contributed by atoms with E-state index in [0.717, 1.165) is 51.5 Å². The summed E-state index contributed by atoms with van der Waals surface area (Å²) in [7, 11) is 1.69. The van der Waals surface area contributed by atoms with Crippen LogP contribution in [0.5, 0.6) is 0 Å². The van der Waals surface area contributed by atoms with Gasteiger partial charge in [-0.1, -0.05) is 0 Å². The second-order valence-electron chi connectivity index (χ2n) is 8.82. The standard InChI is InChI=1S/C21H36N4O5/c1-30-15-18-4-2-11-25(18)22-20(28)16-5-7-17(8-6-16)21(29)24-10-3-9-23(12-13-24)14-19(26)27/h16-18H,2-15H2,1H3,(H,22,28)(H,26,27). The molecule has 0 aromatic rings. The van der Waals surface area contributed by atoms with Crippen molar-refractivity contribution in [3.8, 4) is 0 Å². The number of aliphatic carboxylic acids is 1. The van der Waals surface area contributed by atoms with Crippen molar-refractivity contribution in [1.29, 1.82) is 0 Å². The third kappa shape index (κ3) is 6.15. The fourth-order valence-corrected chi connectivity index (χ4v) is 4.98. The van der Waals surface area contributed by atoms with Crippen LogP contribution < -0.4 is 5.43 Å². The van der Waals surface area contributed by atoms with E-state index in [4.69, 9.17) is 9.84 Å². The van der Waals surface area contributed by atoms with Crippen molar-refractivity contribution in [1.82, 2.24) is 20.2 Å². The fourth-order valence-electron chi connectivity index (χ4n) is 4.98. The lowest BCUT2D eigenvalue weighted by atomic mass is 9.81. The maximum atomic E-state index is 13.0. The Labute approximate surface area is 178 Å². The number of carbonyl (C=O) groups excluding carboxylic acids is 2. The van der Waals surface area contributed by atoms with Crippen LogP contribution in [0.15, 0.2) is 0 Å². The molecule has 1 unspecified atom stereocenters. The predicted octanol–water partition coefficient (Wildman–Crippen LogP) is 0.554. The van der Waals surface area contributed by atoms with Crippen LogP contribution in [0.1, 0.15) is 44.9 Å². The van der Waals surface area contributed by atoms with Gasteiger partial charge >= 0.3 is 5.97 Å². The Hall–Kier alpha value is -1.71. The van der Waals surface area contributed by atoms with Gasteiger partial charge in [-0.3, -0.25) is 24.7 Å². The Morgan fingerprint density at radius 1 is 0.933 bits per heavy atom. The third-order valence-electron chi connectivity index (χ3n) is 6.70. The van der Waals surface area contributed by atoms with Crippen LogP contribution in [0.3, 0.4) is 0 Å². The van der Waals surface area contributed by atoms with Gasteiger partial charge in [0, 0.05) is 51.7 Å². The SMILES string of the molecule is COCC1CCCN1NC(=O)C1CCC(C(=O)N2CCCN(CC(=O)O)CC2)CC1. The van der Waals surface area contributed by atoms with Gasteiger partial charge in [-0.05, 0) is 44.9 Å². The van der Waals surface area contributed by atoms with Crippen LogP contribution in [-0.2, 0) is 19.1 Å². The first-order valence-corrected chi connectivity index (χ1v) is 11.3. The van der Waals surface area contributed by atoms with E-state index in [2.05, 4.69) is 5.43 Å². The van der Waals surface area contributed by atoms with E-state index in [-0.39, 0.29) is 36.2 Å². The second kappa shape index (κ2) is 11.1. The van der Waals surface area contributed by atoms with Crippen LogP contribution in [0.4, 0.5) is 0 Å². The normalized spacial score (nSPS) is 28.8. The monoisotopic (exact) mass is 424 g/mol. The third-order valence-corrected chi connectivity index (χ3v) is 6.70. The van der Waals surface area contributed by atoms with Crippen molar-refractivity contribution in [3.63, 3.8) is 0 Å². The highest BCUT2D eigenvalue weighted by Crippen LogP contribution is 2.31. The number of amides is 2. The number of hydrazine groups is 1. The number of rotatable bonds is 7. The van der Waals surface area contributed by atoms with Crippen molar-refractivity contribution in [3.05, 3.63) is 0 Å². The summed E-state index contributed by atoms with van der Waals surface area (Å²) < 4.78 is 5.25. The molecule has 2 aliphatic heterocycles. The molecule has 0 aromatic carbocycles. The van der Waals surface area contributed by atoms with Gasteiger partial charge in [0.15, 0.2) is 0 Å². The van der Waals surface area contributed by atoms with Gasteiger partial charge in [0.2, 0.25) is 11.8 Å². The van der Waals surface area contributed by atoms with Gasteiger partial charge in [0.1, 0.15) is 0 Å². The summed E-state index contributed by atoms with van der Waals surface area (Å²) in [5.74, 6) is -0.635. The summed E-state index contributed by atoms with van der Waals surface area (Å²) in [6.45, 7) is 4.11. The molecule has 9 nitrogen and oxygen atoms in total. The topological polar surface area (TPSA) is 102 Å². The highest BCUT2D eigenvalue weighted by molar-refractivity contribution is 5.81. The summed E-state index contributed by atoms with van der Waals surface area (Å²) in [4.78, 5) is 40.4. The maximum Gasteiger partial charge on any atom is 0.317 e. The van der Waals surface area contributed by atoms with Gasteiger partial charge in [-0.15, -0.1) is 0 Å². The Morgan fingerprint density at radius 2 is 1.67 bits per heavy atom. The van der Waals surface area contributed by atoms with Crippen LogP contribution in [0.2, 0.25) is 0 Å². The molecular weight excluding hydrogens is 388 g/mol. The second-order valence-corrected chi connectivity index (χ2v) is 8.82. The van der Waals surface area contributed by atoms with Crippen molar-refractivity contribution >= 4 is 17.8 Å². The Kier molecular flexibility index (Phi) is 8.47. The highest BCUT2D eigenvalue weighted by Gasteiger charge is 2.34. The number of carbonyl (C=O) groups is 3. The zero-order valence-corrected chi connectivity index (χ0v) is 18.1. The lowest BCUT2D eigenvalue weighted by Crippen LogP contribution is -2.49. The zero-order valence-electron chi connectivity index (χ0n) is 18.1. The molecule has 30 heavy (non-hydrogen) atoms. The number of hydrogen-bond donors (Lipinski definition) is 2. The molecule has 0 radical (unpaired) electrons. The summed E-state index contributed by atoms with van der Waals surface area (Å²) >= 11 is 0. The number of hydrogen-bond acceptors (Lipinski definition) is 6. The molecule has 3 aliphatic rings. The average molecular weight is 425 g/mol. The van der Waals surface area contributed by atoms with Gasteiger partial charge in [0.25, 0.3) is 0 Å². The lowest BCUT2D eigenvalue weighted by molar-refractivity contribution is -0.139. The molecule has 2 saturated heterocycles. The van der Waals surface area contributed by atoms with E-state index in [0.29, 0.717) is 32.8 Å². The summed E-state index contributed by atoms with van der Waals surface area (Å²) in [5, 5.41) is 11.0. The molecule has 1 saturated carbocycles. The summed E-state index contributed by atoms with van der Waals surface area (Å²) in [5.41, 5.74) is 3.09. The number of carboxylic acids is 1. The first-order chi connectivity index (χ1) is 14.5. The van der Waals surface area contributed by atoms with Crippen LogP contribution in [0, 0.1) is 11.8 Å². The van der Waals surface area contributed by atoms with Crippen molar-refractivity contribution in [2.24, 2.45) is 11.8 Å². The van der Waals surface area contributed by atoms with E-state index in [9.17, 15) is 14.4 Å². The minimum atomic E-state index is -0.825. The Balaban J connectivity index is 1.43. The molecule has 1 aliphatic carbocycles. The molecule has 1 atom stereocenters. The van der Waals surface area contributed by atoms with Crippen molar-refractivity contribution in [2.75, 3.05) is 53.0 Å². The summed E-state index contributed by atoms with van der Waals surface area (Å²) in [6, 6.07) is 0.251. The van der Waals surface area contributed by atoms with Crippen molar-refractivity contribution in [2.45, 2.75) is 51.0 Å². The van der Waals surface area contributed by atoms with Gasteiger partial charge in [-0.2, -0.15) is 0 Å². The van der Waals surface area contributed by atoms with Crippen LogP contribution >= 0.6 is 0 Å². The van der Waals surface area contributed by atoms with Crippen LogP contribution in [-0.4, -0.2) is 96.7 Å². The molecule has 3 rings (SSSR count). The van der Waals surface area contributed by atoms with Gasteiger partial charge in [-0.25, -0.2) is 5.01 Å². The van der Waals surface area contributed by atoms with Gasteiger partial charge < -0.3 is 14.7 Å². The number of carboxylic acid groups (broad SMARTS) is 1. The quantitative estimate of drug-likeness (QED) is 0.615. The molecule has 2 N–H and O–H groups in total. The largest absolute Gasteiger partial charge is 0.480 e. The zero-order chi connectivity index (χ0) is 21.5. The van der Waals surface area contributed by atoms with E-state index in [1.807, 2.05) is 14.8 Å². The molecule has 170 valence electrons. The van der Waals surface area contributed by atoms with Crippen molar-refractivity contribution < 1.29 is 24.2 Å². The van der Waals surface area contributed by atoms with Gasteiger partial charge in [0.05, 0.1) is 19.2 Å². The smallest absolute Gasteiger partial charge is 0.317 e. The predicted molar refractivity (Wildman–Crippen MR) is 110 cm³/mol. The molecule has 0 aromatic heterocycles. The molecule has 0 bridgehead atoms. The minimum Gasteiger partial charge on any atom is -0.480 e. The first kappa shape index (κ1) is 23.0. The Bertz CT molecular complexity index is 608. The maximum absolute atomic E-state index is 13.0. The molecule has 0 spiro atoms. The van der Waals surface area contributed by atoms with E-state index in [1.54, 1.807) is 7.11 Å². The van der Waals surface area contributed by atoms with E-state index in [1.165, 1.54) is 0 Å². The van der Waals surface area contributed by atoms with E-state index < -0.39 is 5.97 Å². The molecule has 9 heteroatoms. The first-order valence-electron chi connectivity index (χ1n) is 11.3. The lowest BCUT2D eigenvalue weighted by Gasteiger charge is -2.32. The minimum absolute atomic E-state index is 0.0203. The summed E-state index contributed by atoms with van der Waals surface area (Å²) in [6.07, 6.45) is 5.87. The Morgan fingerprint density at radius 3 is 2.37 bits per heavy atom. The van der Waals surface area contributed by atoms with E-state index >= 15 is 0 Å². The number of methoxy groups -OCH3 is 1. The number of nitrogens with zero attached hydrogens (tertiary/aromatic N) is 3. The molecule has 3 fully saturated rings. The molecule has 2 heterocycles. The van der Waals surface area contributed by atoms with Crippen LogP contribution in [0.25, 0.3) is 0 Å². The fraction of sp³-hybridized carbons (Fsp3) is 0.857. The number of ether oxygens (including phenoxy) is 1.